The van der Waals surface area contributed by atoms with Crippen molar-refractivity contribution in [2.24, 2.45) is 5.73 Å². The first kappa shape index (κ1) is 17.8. The fourth-order valence-corrected chi connectivity index (χ4v) is 3.93. The lowest BCUT2D eigenvalue weighted by atomic mass is 10.0. The van der Waals surface area contributed by atoms with Gasteiger partial charge in [-0.25, -0.2) is 0 Å². The predicted octanol–water partition coefficient (Wildman–Crippen LogP) is 0.224. The van der Waals surface area contributed by atoms with Gasteiger partial charge < -0.3 is 16.0 Å². The summed E-state index contributed by atoms with van der Waals surface area (Å²) in [6.07, 6.45) is 5.74. The highest BCUT2D eigenvalue weighted by Crippen LogP contribution is 2.26. The Morgan fingerprint density at radius 2 is 1.96 bits per heavy atom. The number of rotatable bonds is 4. The molecule has 0 aliphatic carbocycles. The fourth-order valence-electron chi connectivity index (χ4n) is 3.93. The Hall–Kier alpha value is -1.99. The van der Waals surface area contributed by atoms with Crippen molar-refractivity contribution in [3.8, 4) is 0 Å². The van der Waals surface area contributed by atoms with Gasteiger partial charge in [-0.3, -0.25) is 19.5 Å². The van der Waals surface area contributed by atoms with Crippen LogP contribution in [0.5, 0.6) is 0 Å². The van der Waals surface area contributed by atoms with E-state index in [0.29, 0.717) is 37.7 Å². The molecule has 25 heavy (non-hydrogen) atoms. The first-order valence-corrected chi connectivity index (χ1v) is 9.08. The Morgan fingerprint density at radius 1 is 1.28 bits per heavy atom. The number of likely N-dealkylation sites (N-methyl/N-ethyl adjacent to an activating group) is 1. The molecule has 1 aromatic rings. The van der Waals surface area contributed by atoms with Crippen molar-refractivity contribution in [1.82, 2.24) is 20.1 Å². The summed E-state index contributed by atoms with van der Waals surface area (Å²) >= 11 is 0. The standard InChI is InChI=1S/C18H27N5O2/c1-2-21-17(24)16-11-14(19)12-23(16)15-5-9-22(10-6-15)18(25)13-3-7-20-8-4-13/h3-4,7-8,14-16H,2,5-6,9-12,19H2,1H3,(H,21,24)/t14-,16-/m0/s1. The summed E-state index contributed by atoms with van der Waals surface area (Å²) in [4.78, 5) is 33.0. The lowest BCUT2D eigenvalue weighted by molar-refractivity contribution is -0.126. The van der Waals surface area contributed by atoms with Gasteiger partial charge in [0.15, 0.2) is 0 Å². The highest BCUT2D eigenvalue weighted by Gasteiger charge is 2.40. The van der Waals surface area contributed by atoms with Crippen LogP contribution in [0.1, 0.15) is 36.5 Å². The predicted molar refractivity (Wildman–Crippen MR) is 94.9 cm³/mol. The Morgan fingerprint density at radius 3 is 2.60 bits per heavy atom. The summed E-state index contributed by atoms with van der Waals surface area (Å²) in [7, 11) is 0. The molecule has 0 aromatic carbocycles. The van der Waals surface area contributed by atoms with Crippen molar-refractivity contribution in [3.05, 3.63) is 30.1 Å². The minimum atomic E-state index is -0.137. The number of carbonyl (C=O) groups is 2. The van der Waals surface area contributed by atoms with Crippen molar-refractivity contribution >= 4 is 11.8 Å². The van der Waals surface area contributed by atoms with Crippen molar-refractivity contribution in [2.45, 2.75) is 44.3 Å². The molecule has 0 unspecified atom stereocenters. The molecule has 2 saturated heterocycles. The number of amides is 2. The van der Waals surface area contributed by atoms with E-state index in [2.05, 4.69) is 15.2 Å². The van der Waals surface area contributed by atoms with Gasteiger partial charge in [-0.15, -0.1) is 0 Å². The SMILES string of the molecule is CCNC(=O)[C@@H]1C[C@H](N)CN1C1CCN(C(=O)c2ccncc2)CC1. The molecule has 7 nitrogen and oxygen atoms in total. The van der Waals surface area contributed by atoms with Gasteiger partial charge >= 0.3 is 0 Å². The maximum atomic E-state index is 12.5. The van der Waals surface area contributed by atoms with Gasteiger partial charge in [-0.1, -0.05) is 0 Å². The van der Waals surface area contributed by atoms with E-state index in [1.807, 2.05) is 11.8 Å². The molecule has 0 bridgehead atoms. The Balaban J connectivity index is 1.59. The van der Waals surface area contributed by atoms with Crippen molar-refractivity contribution in [3.63, 3.8) is 0 Å². The number of nitrogens with two attached hydrogens (primary N) is 1. The lowest BCUT2D eigenvalue weighted by Gasteiger charge is -2.39. The third-order valence-corrected chi connectivity index (χ3v) is 5.17. The summed E-state index contributed by atoms with van der Waals surface area (Å²) in [5.74, 6) is 0.130. The van der Waals surface area contributed by atoms with E-state index < -0.39 is 0 Å². The van der Waals surface area contributed by atoms with Crippen molar-refractivity contribution in [2.75, 3.05) is 26.2 Å². The molecule has 3 rings (SSSR count). The summed E-state index contributed by atoms with van der Waals surface area (Å²) in [5, 5.41) is 2.92. The largest absolute Gasteiger partial charge is 0.355 e. The maximum absolute atomic E-state index is 12.5. The van der Waals surface area contributed by atoms with Gasteiger partial charge in [0.25, 0.3) is 5.91 Å². The number of carbonyl (C=O) groups excluding carboxylic acids is 2. The fraction of sp³-hybridized carbons (Fsp3) is 0.611. The second kappa shape index (κ2) is 7.93. The van der Waals surface area contributed by atoms with E-state index in [4.69, 9.17) is 5.73 Å². The Kier molecular flexibility index (Phi) is 5.65. The monoisotopic (exact) mass is 345 g/mol. The van der Waals surface area contributed by atoms with Crippen LogP contribution in [-0.2, 0) is 4.79 Å². The van der Waals surface area contributed by atoms with Gasteiger partial charge in [0, 0.05) is 56.2 Å². The van der Waals surface area contributed by atoms with Crippen LogP contribution in [0.4, 0.5) is 0 Å². The number of hydrogen-bond donors (Lipinski definition) is 2. The van der Waals surface area contributed by atoms with E-state index in [1.54, 1.807) is 24.5 Å². The second-order valence-electron chi connectivity index (χ2n) is 6.86. The van der Waals surface area contributed by atoms with E-state index >= 15 is 0 Å². The third-order valence-electron chi connectivity index (χ3n) is 5.17. The minimum Gasteiger partial charge on any atom is -0.355 e. The van der Waals surface area contributed by atoms with Crippen LogP contribution < -0.4 is 11.1 Å². The van der Waals surface area contributed by atoms with Gasteiger partial charge in [0.1, 0.15) is 0 Å². The molecule has 3 N–H and O–H groups in total. The second-order valence-corrected chi connectivity index (χ2v) is 6.86. The van der Waals surface area contributed by atoms with Crippen LogP contribution in [0, 0.1) is 0 Å². The zero-order valence-corrected chi connectivity index (χ0v) is 14.7. The van der Waals surface area contributed by atoms with Crippen LogP contribution >= 0.6 is 0 Å². The molecular formula is C18H27N5O2. The Labute approximate surface area is 148 Å². The molecule has 0 saturated carbocycles. The topological polar surface area (TPSA) is 91.6 Å². The van der Waals surface area contributed by atoms with Crippen LogP contribution in [0.3, 0.4) is 0 Å². The molecule has 0 radical (unpaired) electrons. The van der Waals surface area contributed by atoms with Crippen LogP contribution in [0.25, 0.3) is 0 Å². The number of pyridine rings is 1. The maximum Gasteiger partial charge on any atom is 0.253 e. The number of piperidine rings is 1. The molecular weight excluding hydrogens is 318 g/mol. The van der Waals surface area contributed by atoms with Crippen LogP contribution in [0.15, 0.2) is 24.5 Å². The van der Waals surface area contributed by atoms with E-state index in [9.17, 15) is 9.59 Å². The molecule has 2 amide bonds. The molecule has 7 heteroatoms. The van der Waals surface area contributed by atoms with E-state index in [0.717, 1.165) is 19.4 Å². The number of likely N-dealkylation sites (tertiary alicyclic amines) is 2. The number of nitrogens with one attached hydrogen (secondary N) is 1. The summed E-state index contributed by atoms with van der Waals surface area (Å²) in [6, 6.07) is 3.71. The summed E-state index contributed by atoms with van der Waals surface area (Å²) < 4.78 is 0. The molecule has 136 valence electrons. The molecule has 0 spiro atoms. The summed E-state index contributed by atoms with van der Waals surface area (Å²) in [5.41, 5.74) is 6.79. The molecule has 2 aliphatic rings. The normalized spacial score (nSPS) is 25.1. The highest BCUT2D eigenvalue weighted by atomic mass is 16.2. The lowest BCUT2D eigenvalue weighted by Crippen LogP contribution is -2.52. The first-order valence-electron chi connectivity index (χ1n) is 9.08. The first-order chi connectivity index (χ1) is 12.1. The molecule has 3 heterocycles. The Bertz CT molecular complexity index is 601. The minimum absolute atomic E-state index is 0.0455. The average molecular weight is 345 g/mol. The van der Waals surface area contributed by atoms with Gasteiger partial charge in [0.05, 0.1) is 6.04 Å². The van der Waals surface area contributed by atoms with Gasteiger partial charge in [-0.2, -0.15) is 0 Å². The van der Waals surface area contributed by atoms with E-state index in [-0.39, 0.29) is 23.9 Å². The molecule has 2 aliphatic heterocycles. The zero-order valence-electron chi connectivity index (χ0n) is 14.7. The average Bonchev–Trinajstić information content (AvgIpc) is 3.04. The van der Waals surface area contributed by atoms with E-state index in [1.165, 1.54) is 0 Å². The number of hydrogen-bond acceptors (Lipinski definition) is 5. The van der Waals surface area contributed by atoms with Crippen molar-refractivity contribution < 1.29 is 9.59 Å². The van der Waals surface area contributed by atoms with Gasteiger partial charge in [0.2, 0.25) is 5.91 Å². The number of aromatic nitrogens is 1. The molecule has 1 aromatic heterocycles. The van der Waals surface area contributed by atoms with Gasteiger partial charge in [-0.05, 0) is 38.3 Å². The van der Waals surface area contributed by atoms with Crippen LogP contribution in [0.2, 0.25) is 0 Å². The molecule has 2 fully saturated rings. The van der Waals surface area contributed by atoms with Crippen molar-refractivity contribution in [1.29, 1.82) is 0 Å². The molecule has 2 atom stereocenters. The summed E-state index contributed by atoms with van der Waals surface area (Å²) in [6.45, 7) is 4.74. The highest BCUT2D eigenvalue weighted by molar-refractivity contribution is 5.94. The zero-order chi connectivity index (χ0) is 17.8. The number of nitrogens with zero attached hydrogens (tertiary/aromatic N) is 3. The van der Waals surface area contributed by atoms with Crippen LogP contribution in [-0.4, -0.2) is 70.9 Å². The smallest absolute Gasteiger partial charge is 0.253 e. The quantitative estimate of drug-likeness (QED) is 0.815. The third kappa shape index (κ3) is 3.99.